The molecule has 0 aliphatic heterocycles. The van der Waals surface area contributed by atoms with Crippen LogP contribution in [0.3, 0.4) is 0 Å². The van der Waals surface area contributed by atoms with Crippen molar-refractivity contribution >= 4 is 27.5 Å². The predicted octanol–water partition coefficient (Wildman–Crippen LogP) is 0.848. The van der Waals surface area contributed by atoms with Crippen LogP contribution in [0.2, 0.25) is 5.02 Å². The maximum Gasteiger partial charge on any atom is 0.235 e. The lowest BCUT2D eigenvalue weighted by molar-refractivity contribution is -0.121. The highest BCUT2D eigenvalue weighted by molar-refractivity contribution is 7.88. The average Bonchev–Trinajstić information content (AvgIpc) is 2.27. The van der Waals surface area contributed by atoms with Crippen molar-refractivity contribution in [2.45, 2.75) is 6.54 Å². The van der Waals surface area contributed by atoms with Crippen LogP contribution in [0, 0.1) is 0 Å². The highest BCUT2D eigenvalue weighted by Crippen LogP contribution is 2.09. The molecule has 18 heavy (non-hydrogen) atoms. The summed E-state index contributed by atoms with van der Waals surface area (Å²) >= 11 is 5.73. The van der Waals surface area contributed by atoms with E-state index in [9.17, 15) is 13.2 Å². The number of carbonyl (C=O) groups is 1. The topological polar surface area (TPSA) is 66.5 Å². The molecule has 1 amide bonds. The molecular formula is C11H15ClN2O3S. The summed E-state index contributed by atoms with van der Waals surface area (Å²) in [5.41, 5.74) is 0.898. The number of halogens is 1. The monoisotopic (exact) mass is 290 g/mol. The minimum atomic E-state index is -3.33. The van der Waals surface area contributed by atoms with E-state index in [0.717, 1.165) is 16.1 Å². The third kappa shape index (κ3) is 5.03. The minimum Gasteiger partial charge on any atom is -0.351 e. The fourth-order valence-corrected chi connectivity index (χ4v) is 1.66. The van der Waals surface area contributed by atoms with Crippen LogP contribution in [0.15, 0.2) is 24.3 Å². The first-order valence-electron chi connectivity index (χ1n) is 5.21. The number of likely N-dealkylation sites (N-methyl/N-ethyl adjacent to an activating group) is 1. The zero-order valence-electron chi connectivity index (χ0n) is 10.2. The number of nitrogens with one attached hydrogen (secondary N) is 1. The highest BCUT2D eigenvalue weighted by Gasteiger charge is 2.14. The van der Waals surface area contributed by atoms with Crippen LogP contribution in [0.4, 0.5) is 0 Å². The molecule has 1 rings (SSSR count). The van der Waals surface area contributed by atoms with Crippen LogP contribution in [-0.4, -0.2) is 38.5 Å². The summed E-state index contributed by atoms with van der Waals surface area (Å²) in [6, 6.07) is 7.04. The summed E-state index contributed by atoms with van der Waals surface area (Å²) in [4.78, 5) is 11.5. The number of sulfonamides is 1. The van der Waals surface area contributed by atoms with Crippen LogP contribution in [0.5, 0.6) is 0 Å². The van der Waals surface area contributed by atoms with E-state index in [1.807, 2.05) is 0 Å². The first-order valence-corrected chi connectivity index (χ1v) is 7.44. The fraction of sp³-hybridized carbons (Fsp3) is 0.364. The van der Waals surface area contributed by atoms with Crippen LogP contribution in [-0.2, 0) is 21.4 Å². The molecule has 100 valence electrons. The zero-order chi connectivity index (χ0) is 13.8. The maximum atomic E-state index is 11.5. The van der Waals surface area contributed by atoms with Gasteiger partial charge in [0.1, 0.15) is 0 Å². The number of carbonyl (C=O) groups excluding carboxylic acids is 1. The van der Waals surface area contributed by atoms with Crippen molar-refractivity contribution in [1.29, 1.82) is 0 Å². The number of rotatable bonds is 5. The molecule has 1 N–H and O–H groups in total. The molecule has 0 unspecified atom stereocenters. The Morgan fingerprint density at radius 1 is 1.33 bits per heavy atom. The van der Waals surface area contributed by atoms with Gasteiger partial charge < -0.3 is 5.32 Å². The molecule has 0 fully saturated rings. The van der Waals surface area contributed by atoms with E-state index < -0.39 is 10.0 Å². The summed E-state index contributed by atoms with van der Waals surface area (Å²) < 4.78 is 23.2. The van der Waals surface area contributed by atoms with E-state index in [0.29, 0.717) is 11.6 Å². The van der Waals surface area contributed by atoms with Gasteiger partial charge in [-0.25, -0.2) is 8.42 Å². The molecule has 0 heterocycles. The summed E-state index contributed by atoms with van der Waals surface area (Å²) in [6.07, 6.45) is 1.06. The summed E-state index contributed by atoms with van der Waals surface area (Å²) in [6.45, 7) is 0.153. The normalized spacial score (nSPS) is 11.6. The van der Waals surface area contributed by atoms with E-state index in [1.165, 1.54) is 7.05 Å². The van der Waals surface area contributed by atoms with Gasteiger partial charge in [0, 0.05) is 18.6 Å². The molecule has 0 aromatic heterocycles. The van der Waals surface area contributed by atoms with Crippen molar-refractivity contribution < 1.29 is 13.2 Å². The fourth-order valence-electron chi connectivity index (χ4n) is 1.18. The van der Waals surface area contributed by atoms with E-state index >= 15 is 0 Å². The highest BCUT2D eigenvalue weighted by atomic mass is 35.5. The Hall–Kier alpha value is -1.11. The first-order chi connectivity index (χ1) is 8.29. The molecule has 5 nitrogen and oxygen atoms in total. The molecule has 0 atom stereocenters. The second-order valence-electron chi connectivity index (χ2n) is 3.92. The van der Waals surface area contributed by atoms with Gasteiger partial charge in [-0.05, 0) is 17.7 Å². The molecule has 0 bridgehead atoms. The first kappa shape index (κ1) is 14.9. The van der Waals surface area contributed by atoms with Gasteiger partial charge in [-0.2, -0.15) is 4.31 Å². The van der Waals surface area contributed by atoms with Gasteiger partial charge in [0.05, 0.1) is 12.8 Å². The lowest BCUT2D eigenvalue weighted by Gasteiger charge is -2.13. The van der Waals surface area contributed by atoms with Gasteiger partial charge in [-0.1, -0.05) is 23.7 Å². The number of benzene rings is 1. The second kappa shape index (κ2) is 6.17. The van der Waals surface area contributed by atoms with Crippen molar-refractivity contribution in [3.8, 4) is 0 Å². The van der Waals surface area contributed by atoms with Crippen LogP contribution in [0.25, 0.3) is 0 Å². The molecule has 7 heteroatoms. The summed E-state index contributed by atoms with van der Waals surface area (Å²) in [5.74, 6) is -0.349. The van der Waals surface area contributed by atoms with E-state index in [1.54, 1.807) is 24.3 Å². The molecule has 0 aliphatic rings. The Morgan fingerprint density at radius 2 is 1.89 bits per heavy atom. The summed E-state index contributed by atoms with van der Waals surface area (Å²) in [7, 11) is -1.97. The van der Waals surface area contributed by atoms with Crippen molar-refractivity contribution in [2.24, 2.45) is 0 Å². The largest absolute Gasteiger partial charge is 0.351 e. The van der Waals surface area contributed by atoms with E-state index in [2.05, 4.69) is 5.32 Å². The SMILES string of the molecule is CN(CC(=O)NCc1ccc(Cl)cc1)S(C)(=O)=O. The van der Waals surface area contributed by atoms with Crippen molar-refractivity contribution in [3.05, 3.63) is 34.9 Å². The Bertz CT molecular complexity index is 514. The Balaban J connectivity index is 2.45. The van der Waals surface area contributed by atoms with Crippen molar-refractivity contribution in [1.82, 2.24) is 9.62 Å². The van der Waals surface area contributed by atoms with E-state index in [4.69, 9.17) is 11.6 Å². The summed E-state index contributed by atoms with van der Waals surface area (Å²) in [5, 5.41) is 3.26. The lowest BCUT2D eigenvalue weighted by atomic mass is 10.2. The van der Waals surface area contributed by atoms with Crippen molar-refractivity contribution in [2.75, 3.05) is 19.8 Å². The van der Waals surface area contributed by atoms with Gasteiger partial charge in [0.25, 0.3) is 0 Å². The van der Waals surface area contributed by atoms with Gasteiger partial charge >= 0.3 is 0 Å². The zero-order valence-corrected chi connectivity index (χ0v) is 11.8. The Morgan fingerprint density at radius 3 is 2.39 bits per heavy atom. The van der Waals surface area contributed by atoms with Crippen LogP contribution in [0.1, 0.15) is 5.56 Å². The van der Waals surface area contributed by atoms with Crippen molar-refractivity contribution in [3.63, 3.8) is 0 Å². The predicted molar refractivity (Wildman–Crippen MR) is 70.8 cm³/mol. The molecule has 0 saturated carbocycles. The molecule has 1 aromatic carbocycles. The van der Waals surface area contributed by atoms with Gasteiger partial charge in [-0.15, -0.1) is 0 Å². The third-order valence-corrected chi connectivity index (χ3v) is 3.85. The third-order valence-electron chi connectivity index (χ3n) is 2.34. The second-order valence-corrected chi connectivity index (χ2v) is 6.45. The standard InChI is InChI=1S/C11H15ClN2O3S/c1-14(18(2,16)17)8-11(15)13-7-9-3-5-10(12)6-4-9/h3-6H,7-8H2,1-2H3,(H,13,15). The van der Waals surface area contributed by atoms with Crippen LogP contribution >= 0.6 is 11.6 Å². The van der Waals surface area contributed by atoms with Gasteiger partial charge in [0.15, 0.2) is 0 Å². The molecule has 0 radical (unpaired) electrons. The molecular weight excluding hydrogens is 276 g/mol. The van der Waals surface area contributed by atoms with Gasteiger partial charge in [0.2, 0.25) is 15.9 Å². The molecule has 1 aromatic rings. The lowest BCUT2D eigenvalue weighted by Crippen LogP contribution is -2.37. The molecule has 0 saturated heterocycles. The quantitative estimate of drug-likeness (QED) is 0.874. The number of hydrogen-bond donors (Lipinski definition) is 1. The number of nitrogens with zero attached hydrogens (tertiary/aromatic N) is 1. The van der Waals surface area contributed by atoms with Gasteiger partial charge in [-0.3, -0.25) is 4.79 Å². The average molecular weight is 291 g/mol. The minimum absolute atomic E-state index is 0.188. The van der Waals surface area contributed by atoms with Crippen LogP contribution < -0.4 is 5.32 Å². The molecule has 0 spiro atoms. The Kier molecular flexibility index (Phi) is 5.13. The van der Waals surface area contributed by atoms with E-state index in [-0.39, 0.29) is 12.5 Å². The Labute approximate surface area is 112 Å². The maximum absolute atomic E-state index is 11.5. The smallest absolute Gasteiger partial charge is 0.235 e. The number of hydrogen-bond acceptors (Lipinski definition) is 3. The molecule has 0 aliphatic carbocycles. The number of amides is 1.